The summed E-state index contributed by atoms with van der Waals surface area (Å²) < 4.78 is 34.5. The molecule has 0 bridgehead atoms. The summed E-state index contributed by atoms with van der Waals surface area (Å²) in [5.74, 6) is 2.13. The molecule has 1 saturated heterocycles. The molecule has 1 aliphatic rings. The van der Waals surface area contributed by atoms with E-state index in [0.29, 0.717) is 41.3 Å². The Morgan fingerprint density at radius 1 is 1.06 bits per heavy atom. The Hall–Kier alpha value is -4.41. The lowest BCUT2D eigenvalue weighted by molar-refractivity contribution is 0.0867. The van der Waals surface area contributed by atoms with Crippen LogP contribution >= 0.6 is 0 Å². The van der Waals surface area contributed by atoms with E-state index in [1.54, 1.807) is 6.33 Å². The van der Waals surface area contributed by atoms with Gasteiger partial charge in [0.25, 0.3) is 6.43 Å². The molecule has 9 nitrogen and oxygen atoms in total. The standard InChI is InChI=1S/C25H22F2N8O/c1-14-9-15(3-6-21(14)36-16-4-5-19-17(10-16)31-13-34(19)2)32-24-22-18(29-12-30-24)11-28-25(33-22)35-8-7-20(35)23(26)27/h3-6,9-13,20,23H,7-8H2,1-2H3,(H,29,30,32). The first-order valence-electron chi connectivity index (χ1n) is 11.5. The molecule has 0 spiro atoms. The average Bonchev–Trinajstić information content (AvgIpc) is 3.20. The minimum Gasteiger partial charge on any atom is -0.457 e. The number of alkyl halides is 2. The highest BCUT2D eigenvalue weighted by Gasteiger charge is 2.37. The Kier molecular flexibility index (Phi) is 5.32. The molecule has 36 heavy (non-hydrogen) atoms. The minimum atomic E-state index is -2.45. The number of hydrogen-bond acceptors (Lipinski definition) is 8. The molecule has 1 unspecified atom stereocenters. The minimum absolute atomic E-state index is 0.252. The van der Waals surface area contributed by atoms with Crippen LogP contribution in [0.4, 0.5) is 26.2 Å². The Morgan fingerprint density at radius 3 is 2.72 bits per heavy atom. The van der Waals surface area contributed by atoms with Gasteiger partial charge in [-0.3, -0.25) is 0 Å². The van der Waals surface area contributed by atoms with Crippen LogP contribution in [0.1, 0.15) is 12.0 Å². The third kappa shape index (κ3) is 3.92. The van der Waals surface area contributed by atoms with Crippen LogP contribution in [0.5, 0.6) is 11.5 Å². The normalized spacial score (nSPS) is 15.5. The van der Waals surface area contributed by atoms with Gasteiger partial charge in [0.15, 0.2) is 5.82 Å². The van der Waals surface area contributed by atoms with Crippen molar-refractivity contribution in [2.75, 3.05) is 16.8 Å². The van der Waals surface area contributed by atoms with Gasteiger partial charge in [-0.15, -0.1) is 0 Å². The molecule has 1 N–H and O–H groups in total. The fourth-order valence-corrected chi connectivity index (χ4v) is 4.28. The second-order valence-electron chi connectivity index (χ2n) is 8.72. The highest BCUT2D eigenvalue weighted by Crippen LogP contribution is 2.32. The highest BCUT2D eigenvalue weighted by atomic mass is 19.3. The van der Waals surface area contributed by atoms with E-state index < -0.39 is 12.5 Å². The van der Waals surface area contributed by atoms with Gasteiger partial charge in [0.1, 0.15) is 28.9 Å². The monoisotopic (exact) mass is 488 g/mol. The Balaban J connectivity index is 1.25. The van der Waals surface area contributed by atoms with E-state index >= 15 is 0 Å². The van der Waals surface area contributed by atoms with Gasteiger partial charge in [-0.1, -0.05) is 0 Å². The number of benzene rings is 2. The van der Waals surface area contributed by atoms with Crippen molar-refractivity contribution in [1.29, 1.82) is 0 Å². The lowest BCUT2D eigenvalue weighted by Gasteiger charge is -2.40. The van der Waals surface area contributed by atoms with Gasteiger partial charge >= 0.3 is 0 Å². The zero-order valence-corrected chi connectivity index (χ0v) is 19.6. The molecule has 0 saturated carbocycles. The number of ether oxygens (including phenoxy) is 1. The number of anilines is 3. The SMILES string of the molecule is Cc1cc(Nc2ncnc3cnc(N4CCC4C(F)F)nc23)ccc1Oc1ccc2c(c1)ncn2C. The van der Waals surface area contributed by atoms with E-state index in [9.17, 15) is 8.78 Å². The quantitative estimate of drug-likeness (QED) is 0.357. The molecule has 1 atom stereocenters. The van der Waals surface area contributed by atoms with Crippen molar-refractivity contribution >= 4 is 39.5 Å². The molecule has 1 fully saturated rings. The fourth-order valence-electron chi connectivity index (χ4n) is 4.28. The van der Waals surface area contributed by atoms with Gasteiger partial charge in [0.2, 0.25) is 5.95 Å². The second-order valence-corrected chi connectivity index (χ2v) is 8.72. The number of hydrogen-bond donors (Lipinski definition) is 1. The molecule has 6 rings (SSSR count). The van der Waals surface area contributed by atoms with Crippen molar-refractivity contribution in [3.8, 4) is 11.5 Å². The molecule has 1 aliphatic heterocycles. The zero-order valence-electron chi connectivity index (χ0n) is 19.6. The largest absolute Gasteiger partial charge is 0.457 e. The van der Waals surface area contributed by atoms with Crippen molar-refractivity contribution in [2.45, 2.75) is 25.8 Å². The topological polar surface area (TPSA) is 93.9 Å². The van der Waals surface area contributed by atoms with Crippen molar-refractivity contribution in [2.24, 2.45) is 7.05 Å². The number of aryl methyl sites for hydroxylation is 2. The van der Waals surface area contributed by atoms with Crippen LogP contribution in [0.25, 0.3) is 22.1 Å². The van der Waals surface area contributed by atoms with Crippen molar-refractivity contribution in [3.05, 3.63) is 60.8 Å². The molecule has 0 amide bonds. The molecule has 5 aromatic rings. The summed E-state index contributed by atoms with van der Waals surface area (Å²) in [5.41, 5.74) is 4.56. The van der Waals surface area contributed by atoms with Gasteiger partial charge in [-0.05, 0) is 49.2 Å². The van der Waals surface area contributed by atoms with Gasteiger partial charge in [-0.2, -0.15) is 0 Å². The molecule has 0 aliphatic carbocycles. The first-order valence-corrected chi connectivity index (χ1v) is 11.5. The zero-order chi connectivity index (χ0) is 24.8. The summed E-state index contributed by atoms with van der Waals surface area (Å²) in [5, 5.41) is 3.27. The van der Waals surface area contributed by atoms with Gasteiger partial charge in [0.05, 0.1) is 29.6 Å². The summed E-state index contributed by atoms with van der Waals surface area (Å²) in [6.07, 6.45) is 2.69. The number of nitrogens with zero attached hydrogens (tertiary/aromatic N) is 7. The van der Waals surface area contributed by atoms with Crippen molar-refractivity contribution < 1.29 is 13.5 Å². The summed E-state index contributed by atoms with van der Waals surface area (Å²) in [6, 6.07) is 10.6. The van der Waals surface area contributed by atoms with E-state index in [0.717, 1.165) is 22.3 Å². The fraction of sp³-hybridized carbons (Fsp3) is 0.240. The number of fused-ring (bicyclic) bond motifs is 2. The van der Waals surface area contributed by atoms with Crippen LogP contribution < -0.4 is 15.0 Å². The molecule has 182 valence electrons. The van der Waals surface area contributed by atoms with Crippen LogP contribution in [-0.4, -0.2) is 48.5 Å². The number of nitrogens with one attached hydrogen (secondary N) is 1. The van der Waals surface area contributed by atoms with Gasteiger partial charge in [-0.25, -0.2) is 33.7 Å². The second kappa shape index (κ2) is 8.67. The van der Waals surface area contributed by atoms with E-state index in [1.165, 1.54) is 17.4 Å². The van der Waals surface area contributed by atoms with Crippen LogP contribution in [0.3, 0.4) is 0 Å². The molecule has 0 radical (unpaired) electrons. The maximum Gasteiger partial charge on any atom is 0.258 e. The van der Waals surface area contributed by atoms with Crippen LogP contribution in [0.15, 0.2) is 55.2 Å². The van der Waals surface area contributed by atoms with Crippen molar-refractivity contribution in [1.82, 2.24) is 29.5 Å². The predicted octanol–water partition coefficient (Wildman–Crippen LogP) is 4.99. The number of rotatable bonds is 6. The summed E-state index contributed by atoms with van der Waals surface area (Å²) >= 11 is 0. The molecule has 2 aromatic carbocycles. The lowest BCUT2D eigenvalue weighted by atomic mass is 10.1. The first-order chi connectivity index (χ1) is 17.5. The summed E-state index contributed by atoms with van der Waals surface area (Å²) in [6.45, 7) is 2.44. The smallest absolute Gasteiger partial charge is 0.258 e. The summed E-state index contributed by atoms with van der Waals surface area (Å²) in [4.78, 5) is 23.2. The molecule has 4 heterocycles. The number of imidazole rings is 1. The third-order valence-electron chi connectivity index (χ3n) is 6.34. The number of halogens is 2. The predicted molar refractivity (Wildman–Crippen MR) is 132 cm³/mol. The van der Waals surface area contributed by atoms with E-state index in [4.69, 9.17) is 4.74 Å². The third-order valence-corrected chi connectivity index (χ3v) is 6.34. The molecular weight excluding hydrogens is 466 g/mol. The van der Waals surface area contributed by atoms with Crippen LogP contribution in [0, 0.1) is 6.92 Å². The molecule has 3 aromatic heterocycles. The van der Waals surface area contributed by atoms with E-state index in [-0.39, 0.29) is 5.95 Å². The Morgan fingerprint density at radius 2 is 1.94 bits per heavy atom. The molecular formula is C25H22F2N8O. The van der Waals surface area contributed by atoms with E-state index in [2.05, 4.69) is 30.2 Å². The summed E-state index contributed by atoms with van der Waals surface area (Å²) in [7, 11) is 1.95. The lowest BCUT2D eigenvalue weighted by Crippen LogP contribution is -2.52. The Bertz CT molecular complexity index is 1590. The van der Waals surface area contributed by atoms with Crippen LogP contribution in [-0.2, 0) is 7.05 Å². The first kappa shape index (κ1) is 22.1. The van der Waals surface area contributed by atoms with Crippen molar-refractivity contribution in [3.63, 3.8) is 0 Å². The maximum absolute atomic E-state index is 13.2. The van der Waals surface area contributed by atoms with E-state index in [1.807, 2.05) is 54.9 Å². The van der Waals surface area contributed by atoms with Gasteiger partial charge < -0.3 is 19.5 Å². The Labute approximate surface area is 204 Å². The van der Waals surface area contributed by atoms with Crippen LogP contribution in [0.2, 0.25) is 0 Å². The number of aromatic nitrogens is 6. The van der Waals surface area contributed by atoms with Gasteiger partial charge in [0, 0.05) is 25.3 Å². The highest BCUT2D eigenvalue weighted by molar-refractivity contribution is 5.87. The molecule has 11 heteroatoms. The average molecular weight is 489 g/mol. The maximum atomic E-state index is 13.2.